The molecule has 0 bridgehead atoms. The molecule has 2 heterocycles. The highest BCUT2D eigenvalue weighted by Crippen LogP contribution is 2.31. The van der Waals surface area contributed by atoms with E-state index >= 15 is 0 Å². The molecule has 1 aliphatic heterocycles. The number of rotatable bonds is 4. The molecule has 22 heavy (non-hydrogen) atoms. The smallest absolute Gasteiger partial charge is 0.357 e. The maximum absolute atomic E-state index is 12.1. The molecule has 1 aliphatic rings. The number of fused-ring (bicyclic) bond motifs is 1. The average molecular weight is 302 g/mol. The predicted octanol–water partition coefficient (Wildman–Crippen LogP) is 2.68. The number of carbonyl (C=O) groups is 1. The van der Waals surface area contributed by atoms with Crippen molar-refractivity contribution in [3.63, 3.8) is 0 Å². The van der Waals surface area contributed by atoms with Crippen LogP contribution in [0.25, 0.3) is 10.9 Å². The summed E-state index contributed by atoms with van der Waals surface area (Å²) in [4.78, 5) is 15.2. The Hall–Kier alpha value is -2.41. The van der Waals surface area contributed by atoms with Gasteiger partial charge in [0.1, 0.15) is 5.69 Å². The number of aromatic amines is 1. The molecule has 1 aromatic heterocycles. The van der Waals surface area contributed by atoms with Crippen LogP contribution in [-0.2, 0) is 9.47 Å². The maximum atomic E-state index is 12.1. The summed E-state index contributed by atoms with van der Waals surface area (Å²) in [5.74, 6) is -0.422. The molecule has 0 radical (unpaired) electrons. The highest BCUT2D eigenvalue weighted by Gasteiger charge is 2.19. The third-order valence-electron chi connectivity index (χ3n) is 3.42. The minimum atomic E-state index is -0.422. The first kappa shape index (κ1) is 14.5. The first-order valence-corrected chi connectivity index (χ1v) is 7.31. The Morgan fingerprint density at radius 3 is 2.91 bits per heavy atom. The molecule has 0 atom stereocenters. The van der Waals surface area contributed by atoms with Gasteiger partial charge < -0.3 is 14.5 Å². The summed E-state index contributed by atoms with van der Waals surface area (Å²) >= 11 is 0. The number of H-pyrrole nitrogens is 1. The summed E-state index contributed by atoms with van der Waals surface area (Å²) in [6, 6.07) is 7.60. The molecule has 0 spiro atoms. The number of benzene rings is 1. The fraction of sp³-hybridized carbons (Fsp3) is 0.400. The highest BCUT2D eigenvalue weighted by molar-refractivity contribution is 6.04. The van der Waals surface area contributed by atoms with Crippen molar-refractivity contribution in [1.29, 1.82) is 0 Å². The molecule has 2 aromatic rings. The molecule has 7 nitrogen and oxygen atoms in total. The van der Waals surface area contributed by atoms with E-state index in [1.807, 2.05) is 29.3 Å². The van der Waals surface area contributed by atoms with Gasteiger partial charge in [0.25, 0.3) is 0 Å². The van der Waals surface area contributed by atoms with Gasteiger partial charge in [-0.3, -0.25) is 5.01 Å². The van der Waals surface area contributed by atoms with E-state index in [1.165, 1.54) is 0 Å². The summed E-state index contributed by atoms with van der Waals surface area (Å²) in [6.45, 7) is 4.75. The standard InChI is InChI=1S/C15H18N4O3/c1-2-22-15(20)14-13(11-5-3-4-6-12(11)16-14)17-18-19-7-9-21-10-8-19/h3-6,16H,2,7-10H2,1H3. The molecule has 116 valence electrons. The number of nitrogens with one attached hydrogen (secondary N) is 1. The second kappa shape index (κ2) is 6.57. The van der Waals surface area contributed by atoms with Crippen molar-refractivity contribution in [2.45, 2.75) is 6.92 Å². The molecule has 3 rings (SSSR count). The molecule has 0 aliphatic carbocycles. The monoisotopic (exact) mass is 302 g/mol. The lowest BCUT2D eigenvalue weighted by atomic mass is 10.2. The minimum absolute atomic E-state index is 0.314. The van der Waals surface area contributed by atoms with Gasteiger partial charge in [-0.25, -0.2) is 4.79 Å². The van der Waals surface area contributed by atoms with Gasteiger partial charge in [0, 0.05) is 10.9 Å². The molecule has 1 aromatic carbocycles. The number of esters is 1. The van der Waals surface area contributed by atoms with Gasteiger partial charge in [-0.15, -0.1) is 5.11 Å². The van der Waals surface area contributed by atoms with Crippen LogP contribution in [0.2, 0.25) is 0 Å². The minimum Gasteiger partial charge on any atom is -0.461 e. The third kappa shape index (κ3) is 2.94. The third-order valence-corrected chi connectivity index (χ3v) is 3.42. The number of aromatic nitrogens is 1. The van der Waals surface area contributed by atoms with E-state index in [4.69, 9.17) is 9.47 Å². The predicted molar refractivity (Wildman–Crippen MR) is 81.2 cm³/mol. The van der Waals surface area contributed by atoms with E-state index in [9.17, 15) is 4.79 Å². The Bertz CT molecular complexity index is 689. The molecule has 0 unspecified atom stereocenters. The van der Waals surface area contributed by atoms with Crippen molar-refractivity contribution in [1.82, 2.24) is 9.99 Å². The summed E-state index contributed by atoms with van der Waals surface area (Å²) in [5, 5.41) is 11.2. The van der Waals surface area contributed by atoms with Crippen molar-refractivity contribution in [3.05, 3.63) is 30.0 Å². The van der Waals surface area contributed by atoms with Gasteiger partial charge in [-0.1, -0.05) is 23.4 Å². The van der Waals surface area contributed by atoms with Crippen LogP contribution >= 0.6 is 0 Å². The second-order valence-corrected chi connectivity index (χ2v) is 4.87. The number of hydrogen-bond donors (Lipinski definition) is 1. The van der Waals surface area contributed by atoms with Crippen LogP contribution in [0.4, 0.5) is 5.69 Å². The van der Waals surface area contributed by atoms with Gasteiger partial charge in [0.15, 0.2) is 5.69 Å². The van der Waals surface area contributed by atoms with Gasteiger partial charge in [-0.05, 0) is 13.0 Å². The van der Waals surface area contributed by atoms with Crippen molar-refractivity contribution in [2.24, 2.45) is 10.3 Å². The largest absolute Gasteiger partial charge is 0.461 e. The van der Waals surface area contributed by atoms with Crippen LogP contribution < -0.4 is 0 Å². The normalized spacial score (nSPS) is 15.6. The van der Waals surface area contributed by atoms with Crippen LogP contribution in [0.1, 0.15) is 17.4 Å². The first-order chi connectivity index (χ1) is 10.8. The fourth-order valence-electron chi connectivity index (χ4n) is 2.33. The topological polar surface area (TPSA) is 79.3 Å². The number of carbonyl (C=O) groups excluding carboxylic acids is 1. The van der Waals surface area contributed by atoms with Crippen molar-refractivity contribution in [2.75, 3.05) is 32.9 Å². The lowest BCUT2D eigenvalue weighted by Crippen LogP contribution is -2.31. The summed E-state index contributed by atoms with van der Waals surface area (Å²) < 4.78 is 10.4. The number of para-hydroxylation sites is 1. The molecule has 0 saturated carbocycles. The Kier molecular flexibility index (Phi) is 4.34. The zero-order chi connectivity index (χ0) is 15.4. The number of nitrogens with zero attached hydrogens (tertiary/aromatic N) is 3. The van der Waals surface area contributed by atoms with Gasteiger partial charge in [0.2, 0.25) is 0 Å². The van der Waals surface area contributed by atoms with E-state index in [0.717, 1.165) is 10.9 Å². The highest BCUT2D eigenvalue weighted by atomic mass is 16.5. The lowest BCUT2D eigenvalue weighted by Gasteiger charge is -2.22. The Morgan fingerprint density at radius 1 is 1.36 bits per heavy atom. The summed E-state index contributed by atoms with van der Waals surface area (Å²) in [5.41, 5.74) is 1.68. The molecule has 7 heteroatoms. The van der Waals surface area contributed by atoms with Gasteiger partial charge in [0.05, 0.1) is 32.9 Å². The molecule has 0 amide bonds. The van der Waals surface area contributed by atoms with Crippen molar-refractivity contribution < 1.29 is 14.3 Å². The van der Waals surface area contributed by atoms with Gasteiger partial charge in [-0.2, -0.15) is 0 Å². The van der Waals surface area contributed by atoms with E-state index in [2.05, 4.69) is 15.3 Å². The number of hydrogen-bond acceptors (Lipinski definition) is 5. The van der Waals surface area contributed by atoms with E-state index in [0.29, 0.717) is 44.3 Å². The second-order valence-electron chi connectivity index (χ2n) is 4.87. The summed E-state index contributed by atoms with van der Waals surface area (Å²) in [6.07, 6.45) is 0. The maximum Gasteiger partial charge on any atom is 0.357 e. The van der Waals surface area contributed by atoms with Crippen LogP contribution in [0, 0.1) is 0 Å². The fourth-order valence-corrected chi connectivity index (χ4v) is 2.33. The zero-order valence-corrected chi connectivity index (χ0v) is 12.4. The lowest BCUT2D eigenvalue weighted by molar-refractivity contribution is 0.0353. The van der Waals surface area contributed by atoms with Crippen molar-refractivity contribution in [3.8, 4) is 0 Å². The Morgan fingerprint density at radius 2 is 2.14 bits per heavy atom. The molecular weight excluding hydrogens is 284 g/mol. The van der Waals surface area contributed by atoms with Crippen LogP contribution in [-0.4, -0.2) is 48.9 Å². The zero-order valence-electron chi connectivity index (χ0n) is 12.4. The van der Waals surface area contributed by atoms with E-state index < -0.39 is 5.97 Å². The van der Waals surface area contributed by atoms with Gasteiger partial charge >= 0.3 is 5.97 Å². The molecule has 1 fully saturated rings. The molecule has 1 saturated heterocycles. The van der Waals surface area contributed by atoms with E-state index in [-0.39, 0.29) is 0 Å². The summed E-state index contributed by atoms with van der Waals surface area (Å²) in [7, 11) is 0. The Balaban J connectivity index is 1.96. The SMILES string of the molecule is CCOC(=O)c1[nH]c2ccccc2c1N=NN1CCOCC1. The quantitative estimate of drug-likeness (QED) is 0.695. The number of ether oxygens (including phenoxy) is 2. The number of morpholine rings is 1. The van der Waals surface area contributed by atoms with Crippen LogP contribution in [0.5, 0.6) is 0 Å². The van der Waals surface area contributed by atoms with Crippen LogP contribution in [0.15, 0.2) is 34.6 Å². The van der Waals surface area contributed by atoms with Crippen molar-refractivity contribution >= 4 is 22.6 Å². The van der Waals surface area contributed by atoms with E-state index in [1.54, 1.807) is 6.92 Å². The Labute approximate surface area is 127 Å². The average Bonchev–Trinajstić information content (AvgIpc) is 2.93. The molecule has 1 N–H and O–H groups in total. The molecular formula is C15H18N4O3. The first-order valence-electron chi connectivity index (χ1n) is 7.31. The van der Waals surface area contributed by atoms with Crippen LogP contribution in [0.3, 0.4) is 0 Å².